The maximum Gasteiger partial charge on any atom is 0.0701 e. The predicted molar refractivity (Wildman–Crippen MR) is 428 cm³/mol. The first kappa shape index (κ1) is 68.5. The molecule has 0 atom stereocenters. The van der Waals surface area contributed by atoms with Crippen LogP contribution in [0.2, 0.25) is 0 Å². The minimum atomic E-state index is -0.915. The van der Waals surface area contributed by atoms with Crippen molar-refractivity contribution in [2.24, 2.45) is 0 Å². The maximum absolute atomic E-state index is 5.68. The molecular formula is C105H52. The third kappa shape index (κ3) is 17.5. The Balaban J connectivity index is 0.897. The highest BCUT2D eigenvalue weighted by Crippen LogP contribution is 2.45. The van der Waals surface area contributed by atoms with Crippen molar-refractivity contribution >= 4 is 0 Å². The molecule has 0 heteroatoms. The minimum absolute atomic E-state index is 0.679. The molecule has 0 aliphatic heterocycles. The smallest absolute Gasteiger partial charge is 0.0701 e. The number of rotatable bonds is 4. The summed E-state index contributed by atoms with van der Waals surface area (Å²) in [6.45, 7) is 0. The molecule has 0 amide bonds. The van der Waals surface area contributed by atoms with E-state index in [2.05, 4.69) is 239 Å². The first-order valence-corrected chi connectivity index (χ1v) is 32.8. The van der Waals surface area contributed by atoms with Crippen LogP contribution < -0.4 is 0 Å². The first-order chi connectivity index (χ1) is 51.5. The molecule has 12 aromatic rings. The summed E-state index contributed by atoms with van der Waals surface area (Å²) in [5, 5.41) is 0. The highest BCUT2D eigenvalue weighted by atomic mass is 14.4. The molecule has 0 saturated carbocycles. The monoisotopic (exact) mass is 1310 g/mol. The van der Waals surface area contributed by atoms with Gasteiger partial charge in [0.2, 0.25) is 0 Å². The zero-order valence-electron chi connectivity index (χ0n) is 56.5. The molecule has 0 spiro atoms. The van der Waals surface area contributed by atoms with Crippen molar-refractivity contribution in [2.75, 3.05) is 0 Å². The number of terminal acetylenes is 8. The fraction of sp³-hybridized carbons (Fsp3) is 0.00952. The molecule has 0 aliphatic carbocycles. The van der Waals surface area contributed by atoms with Crippen LogP contribution in [-0.4, -0.2) is 0 Å². The van der Waals surface area contributed by atoms with Gasteiger partial charge < -0.3 is 0 Å². The van der Waals surface area contributed by atoms with E-state index in [1.165, 1.54) is 0 Å². The lowest BCUT2D eigenvalue weighted by atomic mass is 9.65. The summed E-state index contributed by atoms with van der Waals surface area (Å²) in [5.74, 6) is 74.0. The molecule has 0 radical (unpaired) electrons. The Hall–Kier alpha value is -16.4. The molecule has 0 saturated heterocycles. The molecule has 0 heterocycles. The molecule has 0 nitrogen and oxygen atoms in total. The molecule has 472 valence electrons. The largest absolute Gasteiger partial charge is 0.115 e. The van der Waals surface area contributed by atoms with E-state index in [1.54, 1.807) is 24.3 Å². The summed E-state index contributed by atoms with van der Waals surface area (Å²) in [7, 11) is 0. The Bertz CT molecular complexity index is 5440. The molecule has 0 fully saturated rings. The van der Waals surface area contributed by atoms with E-state index < -0.39 is 5.41 Å². The summed E-state index contributed by atoms with van der Waals surface area (Å²) in [4.78, 5) is 0. The summed E-state index contributed by atoms with van der Waals surface area (Å²) < 4.78 is 0. The quantitative estimate of drug-likeness (QED) is 0.122. The van der Waals surface area contributed by atoms with Gasteiger partial charge in [-0.15, -0.1) is 51.4 Å². The number of hydrogen-bond acceptors (Lipinski definition) is 0. The molecule has 0 N–H and O–H groups in total. The normalized spacial score (nSPS) is 9.60. The molecule has 12 rings (SSSR count). The lowest BCUT2D eigenvalue weighted by Crippen LogP contribution is -2.31. The molecule has 12 aromatic carbocycles. The van der Waals surface area contributed by atoms with Crippen molar-refractivity contribution < 1.29 is 0 Å². The lowest BCUT2D eigenvalue weighted by Gasteiger charge is -2.37. The molecule has 0 unspecified atom stereocenters. The Morgan fingerprint density at radius 3 is 0.333 bits per heavy atom. The van der Waals surface area contributed by atoms with Gasteiger partial charge in [-0.2, -0.15) is 0 Å². The topological polar surface area (TPSA) is 0 Å². The number of hydrogen-bond donors (Lipinski definition) is 0. The second-order valence-corrected chi connectivity index (χ2v) is 23.7. The molecular weight excluding hydrogens is 1260 g/mol. The van der Waals surface area contributed by atoms with Gasteiger partial charge in [-0.3, -0.25) is 0 Å². The van der Waals surface area contributed by atoms with E-state index in [0.29, 0.717) is 44.5 Å². The van der Waals surface area contributed by atoms with Crippen LogP contribution in [0.1, 0.15) is 156 Å². The average Bonchev–Trinajstić information content (AvgIpc) is 0.732. The van der Waals surface area contributed by atoms with E-state index in [0.717, 1.165) is 111 Å². The van der Waals surface area contributed by atoms with Crippen LogP contribution >= 0.6 is 0 Å². The maximum atomic E-state index is 5.68. The molecule has 0 aliphatic rings. The van der Waals surface area contributed by atoms with E-state index in [-0.39, 0.29) is 0 Å². The summed E-state index contributed by atoms with van der Waals surface area (Å²) >= 11 is 0. The van der Waals surface area contributed by atoms with Crippen LogP contribution in [0.25, 0.3) is 0 Å². The van der Waals surface area contributed by atoms with Crippen LogP contribution in [0.3, 0.4) is 0 Å². The van der Waals surface area contributed by atoms with Crippen molar-refractivity contribution in [2.45, 2.75) is 5.41 Å². The van der Waals surface area contributed by atoms with Crippen molar-refractivity contribution in [1.29, 1.82) is 0 Å². The summed E-state index contributed by atoms with van der Waals surface area (Å²) in [6.07, 6.45) is 45.5. The minimum Gasteiger partial charge on any atom is -0.115 e. The van der Waals surface area contributed by atoms with Crippen LogP contribution in [0.5, 0.6) is 0 Å². The van der Waals surface area contributed by atoms with E-state index in [9.17, 15) is 0 Å². The number of benzene rings is 12. The van der Waals surface area contributed by atoms with E-state index in [1.807, 2.05) is 146 Å². The third-order valence-electron chi connectivity index (χ3n) is 16.7. The summed E-state index contributed by atoms with van der Waals surface area (Å²) in [5.41, 5.74) is 21.4. The second kappa shape index (κ2) is 32.8. The van der Waals surface area contributed by atoms with Gasteiger partial charge in [0, 0.05) is 134 Å². The van der Waals surface area contributed by atoms with Gasteiger partial charge in [0.05, 0.1) is 5.41 Å². The van der Waals surface area contributed by atoms with Crippen molar-refractivity contribution in [3.05, 3.63) is 423 Å². The molecule has 105 heavy (non-hydrogen) atoms. The third-order valence-corrected chi connectivity index (χ3v) is 16.7. The summed E-state index contributed by atoms with van der Waals surface area (Å²) in [6, 6.07) is 87.0. The van der Waals surface area contributed by atoms with Crippen molar-refractivity contribution in [1.82, 2.24) is 0 Å². The van der Waals surface area contributed by atoms with Gasteiger partial charge in [0.1, 0.15) is 0 Å². The standard InChI is InChI=1S/C105H52/c1-9-77-65-78(10-2)70-97(69-77)45-41-89-25-17-85(18-26-89)33-37-93-49-57-101(58-50-93)105(102-59-51-94(52-60-102)38-34-86-19-27-90(28-20-86)42-46-98-71-79(11-3)66-80(12-4)72-98,103-61-53-95(54-62-103)39-35-87-21-29-91(30-22-87)43-47-99-73-81(13-5)67-82(14-6)74-99)104-63-55-96(56-64-104)40-36-88-23-31-92(32-24-88)44-48-100-75-83(15-7)68-84(16-8)76-100/h1-8,17-32,49-76H. The van der Waals surface area contributed by atoms with Crippen LogP contribution in [-0.2, 0) is 5.41 Å². The fourth-order valence-corrected chi connectivity index (χ4v) is 11.4. The van der Waals surface area contributed by atoms with Gasteiger partial charge in [-0.1, -0.05) is 191 Å². The van der Waals surface area contributed by atoms with Crippen LogP contribution in [0, 0.1) is 193 Å². The van der Waals surface area contributed by atoms with Gasteiger partial charge in [-0.25, -0.2) is 0 Å². The van der Waals surface area contributed by atoms with Crippen molar-refractivity contribution in [3.8, 4) is 193 Å². The average molecular weight is 1310 g/mol. The highest BCUT2D eigenvalue weighted by molar-refractivity contribution is 5.65. The molecule has 0 bridgehead atoms. The van der Waals surface area contributed by atoms with Gasteiger partial charge in [-0.05, 0) is 241 Å². The highest BCUT2D eigenvalue weighted by Gasteiger charge is 2.38. The van der Waals surface area contributed by atoms with Gasteiger partial charge >= 0.3 is 0 Å². The molecule has 0 aromatic heterocycles. The Labute approximate surface area is 617 Å². The van der Waals surface area contributed by atoms with E-state index in [4.69, 9.17) is 51.4 Å². The van der Waals surface area contributed by atoms with E-state index >= 15 is 0 Å². The van der Waals surface area contributed by atoms with Crippen LogP contribution in [0.4, 0.5) is 0 Å². The van der Waals surface area contributed by atoms with Gasteiger partial charge in [0.25, 0.3) is 0 Å². The Morgan fingerprint density at radius 2 is 0.219 bits per heavy atom. The predicted octanol–water partition coefficient (Wildman–Crippen LogP) is 17.1. The zero-order valence-corrected chi connectivity index (χ0v) is 56.5. The zero-order chi connectivity index (χ0) is 72.7. The first-order valence-electron chi connectivity index (χ1n) is 32.8. The van der Waals surface area contributed by atoms with Gasteiger partial charge in [0.15, 0.2) is 0 Å². The Morgan fingerprint density at radius 1 is 0.124 bits per heavy atom. The van der Waals surface area contributed by atoms with Crippen LogP contribution in [0.15, 0.2) is 267 Å². The Kier molecular flexibility index (Phi) is 21.4. The fourth-order valence-electron chi connectivity index (χ4n) is 11.4. The SMILES string of the molecule is C#Cc1cc(C#C)cc(C#Cc2ccc(C#Cc3ccc(C(c4ccc(C#Cc5ccc(C#Cc6cc(C#C)cc(C#C)c6)cc5)cc4)(c4ccc(C#Cc5ccc(C#Cc6cc(C#C)cc(C#C)c6)cc5)cc4)c4ccc(C#Cc5ccc(C#Cc6cc(C#C)cc(C#C)c6)cc5)cc4)cc3)cc2)c1. The lowest BCUT2D eigenvalue weighted by molar-refractivity contribution is 0.744. The van der Waals surface area contributed by atoms with Crippen molar-refractivity contribution in [3.63, 3.8) is 0 Å². The second-order valence-electron chi connectivity index (χ2n) is 23.7.